The van der Waals surface area contributed by atoms with Crippen LogP contribution in [0.1, 0.15) is 37.9 Å². The fourth-order valence-electron chi connectivity index (χ4n) is 2.70. The second-order valence-corrected chi connectivity index (χ2v) is 5.39. The van der Waals surface area contributed by atoms with Gasteiger partial charge in [-0.05, 0) is 38.3 Å². The van der Waals surface area contributed by atoms with Crippen LogP contribution in [0.15, 0.2) is 30.3 Å². The van der Waals surface area contributed by atoms with Crippen molar-refractivity contribution in [2.24, 2.45) is 0 Å². The number of nitrogens with zero attached hydrogens (tertiary/aromatic N) is 1. The Hall–Kier alpha value is -0.900. The Balaban J connectivity index is 1.85. The summed E-state index contributed by atoms with van der Waals surface area (Å²) in [6.45, 7) is 5.56. The zero-order valence-corrected chi connectivity index (χ0v) is 11.8. The molecular formula is C16H25NO2. The number of benzene rings is 1. The van der Waals surface area contributed by atoms with Gasteiger partial charge in [-0.1, -0.05) is 30.3 Å². The van der Waals surface area contributed by atoms with E-state index in [0.717, 1.165) is 38.9 Å². The molecule has 3 heteroatoms. The predicted octanol–water partition coefficient (Wildman–Crippen LogP) is 2.61. The normalized spacial score (nSPS) is 24.5. The molecule has 1 fully saturated rings. The van der Waals surface area contributed by atoms with Gasteiger partial charge >= 0.3 is 0 Å². The van der Waals surface area contributed by atoms with Gasteiger partial charge < -0.3 is 9.84 Å². The van der Waals surface area contributed by atoms with E-state index < -0.39 is 0 Å². The molecule has 2 unspecified atom stereocenters. The third-order valence-corrected chi connectivity index (χ3v) is 3.64. The lowest BCUT2D eigenvalue weighted by atomic mass is 10.1. The van der Waals surface area contributed by atoms with E-state index in [4.69, 9.17) is 9.84 Å². The number of aliphatic hydroxyl groups excluding tert-OH is 1. The van der Waals surface area contributed by atoms with Crippen LogP contribution >= 0.6 is 0 Å². The number of hydrogen-bond donors (Lipinski definition) is 1. The second kappa shape index (κ2) is 7.63. The topological polar surface area (TPSA) is 32.7 Å². The highest BCUT2D eigenvalue weighted by Gasteiger charge is 2.25. The Bertz CT molecular complexity index is 355. The van der Waals surface area contributed by atoms with Gasteiger partial charge in [-0.2, -0.15) is 0 Å². The SMILES string of the molecule is CC1CN(CCCCCO)CC(c2ccccc2)O1. The van der Waals surface area contributed by atoms with Gasteiger partial charge in [0.1, 0.15) is 0 Å². The molecule has 1 N–H and O–H groups in total. The molecule has 0 saturated carbocycles. The lowest BCUT2D eigenvalue weighted by Gasteiger charge is -2.37. The molecule has 1 aromatic rings. The Kier molecular flexibility index (Phi) is 5.83. The highest BCUT2D eigenvalue weighted by molar-refractivity contribution is 5.18. The van der Waals surface area contributed by atoms with E-state index in [1.165, 1.54) is 5.56 Å². The Morgan fingerprint density at radius 1 is 1.16 bits per heavy atom. The van der Waals surface area contributed by atoms with Crippen LogP contribution in [0, 0.1) is 0 Å². The number of ether oxygens (including phenoxy) is 1. The number of hydrogen-bond acceptors (Lipinski definition) is 3. The molecule has 1 aliphatic heterocycles. The van der Waals surface area contributed by atoms with Crippen LogP contribution in [0.4, 0.5) is 0 Å². The Labute approximate surface area is 116 Å². The summed E-state index contributed by atoms with van der Waals surface area (Å²) in [6, 6.07) is 10.5. The van der Waals surface area contributed by atoms with E-state index in [9.17, 15) is 0 Å². The molecule has 0 aromatic heterocycles. The van der Waals surface area contributed by atoms with Gasteiger partial charge in [0.2, 0.25) is 0 Å². The summed E-state index contributed by atoms with van der Waals surface area (Å²) in [4.78, 5) is 2.49. The minimum Gasteiger partial charge on any atom is -0.396 e. The van der Waals surface area contributed by atoms with Crippen LogP contribution in [0.3, 0.4) is 0 Å². The Morgan fingerprint density at radius 3 is 2.68 bits per heavy atom. The van der Waals surface area contributed by atoms with E-state index >= 15 is 0 Å². The molecule has 0 bridgehead atoms. The molecule has 2 atom stereocenters. The maximum atomic E-state index is 8.80. The quantitative estimate of drug-likeness (QED) is 0.801. The first-order valence-electron chi connectivity index (χ1n) is 7.33. The summed E-state index contributed by atoms with van der Waals surface area (Å²) in [6.07, 6.45) is 3.68. The summed E-state index contributed by atoms with van der Waals surface area (Å²) in [5.41, 5.74) is 1.27. The van der Waals surface area contributed by atoms with Gasteiger partial charge in [0.05, 0.1) is 12.2 Å². The lowest BCUT2D eigenvalue weighted by Crippen LogP contribution is -2.43. The summed E-state index contributed by atoms with van der Waals surface area (Å²) in [5.74, 6) is 0. The molecule has 19 heavy (non-hydrogen) atoms. The van der Waals surface area contributed by atoms with Crippen LogP contribution in [0.2, 0.25) is 0 Å². The molecule has 1 heterocycles. The fraction of sp³-hybridized carbons (Fsp3) is 0.625. The summed E-state index contributed by atoms with van der Waals surface area (Å²) in [7, 11) is 0. The van der Waals surface area contributed by atoms with Crippen molar-refractivity contribution in [1.29, 1.82) is 0 Å². The minimum atomic E-state index is 0.197. The van der Waals surface area contributed by atoms with Crippen LogP contribution in [0.5, 0.6) is 0 Å². The molecule has 2 rings (SSSR count). The molecule has 106 valence electrons. The summed E-state index contributed by atoms with van der Waals surface area (Å²) >= 11 is 0. The monoisotopic (exact) mass is 263 g/mol. The van der Waals surface area contributed by atoms with Crippen molar-refractivity contribution in [3.8, 4) is 0 Å². The first kappa shape index (κ1) is 14.5. The molecular weight excluding hydrogens is 238 g/mol. The van der Waals surface area contributed by atoms with Crippen LogP contribution in [-0.4, -0.2) is 42.4 Å². The van der Waals surface area contributed by atoms with Crippen molar-refractivity contribution >= 4 is 0 Å². The van der Waals surface area contributed by atoms with Crippen LogP contribution in [-0.2, 0) is 4.74 Å². The molecule has 0 aliphatic carbocycles. The Morgan fingerprint density at radius 2 is 1.95 bits per heavy atom. The van der Waals surface area contributed by atoms with Crippen molar-refractivity contribution in [3.63, 3.8) is 0 Å². The van der Waals surface area contributed by atoms with Gasteiger partial charge in [-0.25, -0.2) is 0 Å². The van der Waals surface area contributed by atoms with E-state index in [1.54, 1.807) is 0 Å². The smallest absolute Gasteiger partial charge is 0.0956 e. The highest BCUT2D eigenvalue weighted by atomic mass is 16.5. The summed E-state index contributed by atoms with van der Waals surface area (Å²) < 4.78 is 6.05. The second-order valence-electron chi connectivity index (χ2n) is 5.39. The number of rotatable bonds is 6. The zero-order valence-electron chi connectivity index (χ0n) is 11.8. The van der Waals surface area contributed by atoms with Gasteiger partial charge in [0, 0.05) is 19.7 Å². The predicted molar refractivity (Wildman–Crippen MR) is 77.1 cm³/mol. The van der Waals surface area contributed by atoms with E-state index in [1.807, 2.05) is 6.07 Å². The fourth-order valence-corrected chi connectivity index (χ4v) is 2.70. The average molecular weight is 263 g/mol. The van der Waals surface area contributed by atoms with Crippen molar-refractivity contribution in [3.05, 3.63) is 35.9 Å². The molecule has 1 aromatic carbocycles. The molecule has 0 spiro atoms. The largest absolute Gasteiger partial charge is 0.396 e. The molecule has 3 nitrogen and oxygen atoms in total. The number of morpholine rings is 1. The number of unbranched alkanes of at least 4 members (excludes halogenated alkanes) is 2. The van der Waals surface area contributed by atoms with Gasteiger partial charge in [0.25, 0.3) is 0 Å². The highest BCUT2D eigenvalue weighted by Crippen LogP contribution is 2.25. The third-order valence-electron chi connectivity index (χ3n) is 3.64. The van der Waals surface area contributed by atoms with Crippen molar-refractivity contribution < 1.29 is 9.84 Å². The maximum absolute atomic E-state index is 8.80. The van der Waals surface area contributed by atoms with E-state index in [0.29, 0.717) is 6.61 Å². The van der Waals surface area contributed by atoms with Crippen molar-refractivity contribution in [1.82, 2.24) is 4.90 Å². The molecule has 1 aliphatic rings. The third kappa shape index (κ3) is 4.60. The number of aliphatic hydroxyl groups is 1. The average Bonchev–Trinajstić information content (AvgIpc) is 2.44. The van der Waals surface area contributed by atoms with Gasteiger partial charge in [-0.3, -0.25) is 4.90 Å². The standard InChI is InChI=1S/C16H25NO2/c1-14-12-17(10-6-3-7-11-18)13-16(19-14)15-8-4-2-5-9-15/h2,4-5,8-9,14,16,18H,3,6-7,10-13H2,1H3. The minimum absolute atomic E-state index is 0.197. The van der Waals surface area contributed by atoms with Crippen molar-refractivity contribution in [2.45, 2.75) is 38.4 Å². The van der Waals surface area contributed by atoms with E-state index in [-0.39, 0.29) is 12.2 Å². The van der Waals surface area contributed by atoms with Gasteiger partial charge in [-0.15, -0.1) is 0 Å². The molecule has 0 radical (unpaired) electrons. The summed E-state index contributed by atoms with van der Waals surface area (Å²) in [5, 5.41) is 8.80. The van der Waals surface area contributed by atoms with E-state index in [2.05, 4.69) is 36.1 Å². The molecule has 1 saturated heterocycles. The first-order chi connectivity index (χ1) is 9.29. The first-order valence-corrected chi connectivity index (χ1v) is 7.33. The maximum Gasteiger partial charge on any atom is 0.0956 e. The zero-order chi connectivity index (χ0) is 13.5. The van der Waals surface area contributed by atoms with Crippen LogP contribution < -0.4 is 0 Å². The van der Waals surface area contributed by atoms with Crippen LogP contribution in [0.25, 0.3) is 0 Å². The molecule has 0 amide bonds. The lowest BCUT2D eigenvalue weighted by molar-refractivity contribution is -0.0791. The van der Waals surface area contributed by atoms with Crippen molar-refractivity contribution in [2.75, 3.05) is 26.2 Å². The van der Waals surface area contributed by atoms with Gasteiger partial charge in [0.15, 0.2) is 0 Å².